The average molecular weight is 520 g/mol. The molecule has 1 aromatic carbocycles. The minimum Gasteiger partial charge on any atom is -0.493 e. The third-order valence-corrected chi connectivity index (χ3v) is 9.04. The summed E-state index contributed by atoms with van der Waals surface area (Å²) in [6.45, 7) is 2.63. The predicted octanol–water partition coefficient (Wildman–Crippen LogP) is 4.63. The standard InChI is InChI=1S/C29H33N3O4S/c1-35-24-14-19-9-12-31-22(15-21(26-8-4-13-37-26)27(31)20(19)16-25(24)36-2)29(34)32-11-5-10-30-17-23(32)28(33)18-6-3-7-18/h4,8,13-16,18,23,30H,3,5-7,9-12,17H2,1-2H3. The molecule has 2 aromatic heterocycles. The smallest absolute Gasteiger partial charge is 0.271 e. The maximum Gasteiger partial charge on any atom is 0.271 e. The van der Waals surface area contributed by atoms with E-state index in [2.05, 4.69) is 27.4 Å². The van der Waals surface area contributed by atoms with Crippen LogP contribution in [0.15, 0.2) is 35.7 Å². The number of rotatable bonds is 6. The first-order chi connectivity index (χ1) is 18.1. The van der Waals surface area contributed by atoms with Crippen molar-refractivity contribution in [3.05, 3.63) is 47.0 Å². The van der Waals surface area contributed by atoms with E-state index in [4.69, 9.17) is 9.47 Å². The van der Waals surface area contributed by atoms with E-state index in [1.807, 2.05) is 23.1 Å². The average Bonchev–Trinajstić information content (AvgIpc) is 3.48. The van der Waals surface area contributed by atoms with Gasteiger partial charge in [-0.3, -0.25) is 9.59 Å². The highest BCUT2D eigenvalue weighted by atomic mass is 32.1. The fourth-order valence-electron chi connectivity index (χ4n) is 5.94. The van der Waals surface area contributed by atoms with E-state index in [-0.39, 0.29) is 17.6 Å². The van der Waals surface area contributed by atoms with Gasteiger partial charge >= 0.3 is 0 Å². The normalized spacial score (nSPS) is 19.4. The zero-order valence-corrected chi connectivity index (χ0v) is 22.2. The van der Waals surface area contributed by atoms with Crippen LogP contribution in [0.5, 0.6) is 11.5 Å². The van der Waals surface area contributed by atoms with Gasteiger partial charge in [0.25, 0.3) is 5.91 Å². The van der Waals surface area contributed by atoms with Gasteiger partial charge in [0.2, 0.25) is 0 Å². The number of carbonyl (C=O) groups is 2. The van der Waals surface area contributed by atoms with Gasteiger partial charge in [0.1, 0.15) is 11.7 Å². The number of amides is 1. The fraction of sp³-hybridized carbons (Fsp3) is 0.448. The monoisotopic (exact) mass is 519 g/mol. The highest BCUT2D eigenvalue weighted by Crippen LogP contribution is 2.45. The number of nitrogens with one attached hydrogen (secondary N) is 1. The highest BCUT2D eigenvalue weighted by Gasteiger charge is 2.39. The summed E-state index contributed by atoms with van der Waals surface area (Å²) in [5, 5.41) is 5.46. The molecular weight excluding hydrogens is 486 g/mol. The third kappa shape index (κ3) is 4.16. The van der Waals surface area contributed by atoms with Crippen LogP contribution in [0.1, 0.15) is 41.7 Å². The Kier molecular flexibility index (Phi) is 6.55. The molecule has 0 bridgehead atoms. The Bertz CT molecular complexity index is 1330. The van der Waals surface area contributed by atoms with Crippen molar-refractivity contribution in [1.82, 2.24) is 14.8 Å². The second-order valence-electron chi connectivity index (χ2n) is 10.1. The number of fused-ring (bicyclic) bond motifs is 3. The number of ketones is 1. The van der Waals surface area contributed by atoms with Crippen molar-refractivity contribution >= 4 is 23.0 Å². The number of hydrogen-bond acceptors (Lipinski definition) is 6. The minimum atomic E-state index is -0.406. The van der Waals surface area contributed by atoms with Crippen molar-refractivity contribution < 1.29 is 19.1 Å². The maximum atomic E-state index is 14.3. The molecule has 3 aliphatic rings. The van der Waals surface area contributed by atoms with Crippen molar-refractivity contribution in [2.75, 3.05) is 33.9 Å². The predicted molar refractivity (Wildman–Crippen MR) is 145 cm³/mol. The lowest BCUT2D eigenvalue weighted by atomic mass is 9.79. The van der Waals surface area contributed by atoms with E-state index in [0.29, 0.717) is 36.8 Å². The van der Waals surface area contributed by atoms with E-state index in [9.17, 15) is 9.59 Å². The SMILES string of the molecule is COc1cc2c(cc1OC)-c1c(-c3cccs3)cc(C(=O)N3CCCNCC3C(=O)C3CCC3)n1CC2. The van der Waals surface area contributed by atoms with Gasteiger partial charge in [-0.2, -0.15) is 0 Å². The summed E-state index contributed by atoms with van der Waals surface area (Å²) in [5.74, 6) is 1.65. The molecule has 37 heavy (non-hydrogen) atoms. The zero-order valence-electron chi connectivity index (χ0n) is 21.4. The lowest BCUT2D eigenvalue weighted by molar-refractivity contribution is -0.129. The number of methoxy groups -OCH3 is 2. The van der Waals surface area contributed by atoms with Crippen molar-refractivity contribution in [3.63, 3.8) is 0 Å². The number of Topliss-reactive ketones (excluding diaryl/α,β-unsaturated/α-hetero) is 1. The van der Waals surface area contributed by atoms with Crippen molar-refractivity contribution in [3.8, 4) is 33.2 Å². The number of carbonyl (C=O) groups excluding carboxylic acids is 2. The Morgan fingerprint density at radius 2 is 1.84 bits per heavy atom. The van der Waals surface area contributed by atoms with Crippen LogP contribution < -0.4 is 14.8 Å². The molecule has 1 saturated carbocycles. The number of ether oxygens (including phenoxy) is 2. The Hall–Kier alpha value is -3.10. The molecule has 194 valence electrons. The number of benzene rings is 1. The first kappa shape index (κ1) is 24.2. The van der Waals surface area contributed by atoms with Gasteiger partial charge in [-0.1, -0.05) is 12.5 Å². The molecule has 4 heterocycles. The lowest BCUT2D eigenvalue weighted by Gasteiger charge is -2.34. The quantitative estimate of drug-likeness (QED) is 0.514. The van der Waals surface area contributed by atoms with Crippen LogP contribution in [0.4, 0.5) is 0 Å². The van der Waals surface area contributed by atoms with Gasteiger partial charge < -0.3 is 24.3 Å². The largest absolute Gasteiger partial charge is 0.493 e. The number of nitrogens with zero attached hydrogens (tertiary/aromatic N) is 2. The Morgan fingerprint density at radius 3 is 2.54 bits per heavy atom. The van der Waals surface area contributed by atoms with Crippen LogP contribution in [0.25, 0.3) is 21.7 Å². The summed E-state index contributed by atoms with van der Waals surface area (Å²) < 4.78 is 13.4. The van der Waals surface area contributed by atoms with E-state index in [1.165, 1.54) is 5.56 Å². The molecule has 7 nitrogen and oxygen atoms in total. The summed E-state index contributed by atoms with van der Waals surface area (Å²) in [5.41, 5.74) is 4.97. The van der Waals surface area contributed by atoms with Crippen LogP contribution in [-0.2, 0) is 17.8 Å². The summed E-state index contributed by atoms with van der Waals surface area (Å²) in [6, 6.07) is 9.86. The summed E-state index contributed by atoms with van der Waals surface area (Å²) in [6.07, 6.45) is 4.62. The van der Waals surface area contributed by atoms with E-state index < -0.39 is 6.04 Å². The molecule has 0 spiro atoms. The first-order valence-electron chi connectivity index (χ1n) is 13.2. The second-order valence-corrected chi connectivity index (χ2v) is 11.1. The van der Waals surface area contributed by atoms with E-state index in [0.717, 1.165) is 60.3 Å². The van der Waals surface area contributed by atoms with E-state index >= 15 is 0 Å². The van der Waals surface area contributed by atoms with Crippen LogP contribution in [-0.4, -0.2) is 61.1 Å². The van der Waals surface area contributed by atoms with Gasteiger partial charge in [0.05, 0.1) is 19.9 Å². The molecule has 2 fully saturated rings. The van der Waals surface area contributed by atoms with Crippen LogP contribution in [0.2, 0.25) is 0 Å². The van der Waals surface area contributed by atoms with Gasteiger partial charge in [-0.05, 0) is 67.4 Å². The van der Waals surface area contributed by atoms with E-state index in [1.54, 1.807) is 25.6 Å². The molecule has 1 saturated heterocycles. The molecule has 6 rings (SSSR count). The second kappa shape index (κ2) is 9.99. The summed E-state index contributed by atoms with van der Waals surface area (Å²) in [4.78, 5) is 30.6. The van der Waals surface area contributed by atoms with Crippen molar-refractivity contribution in [2.45, 2.75) is 44.7 Å². The Labute approximate surface area is 221 Å². The Morgan fingerprint density at radius 1 is 1.03 bits per heavy atom. The first-order valence-corrected chi connectivity index (χ1v) is 14.1. The topological polar surface area (TPSA) is 72.8 Å². The Balaban J connectivity index is 1.46. The van der Waals surface area contributed by atoms with Crippen LogP contribution in [0.3, 0.4) is 0 Å². The molecule has 2 aliphatic heterocycles. The number of thiophene rings is 1. The molecule has 8 heteroatoms. The van der Waals surface area contributed by atoms with Crippen LogP contribution in [0, 0.1) is 5.92 Å². The van der Waals surface area contributed by atoms with Gasteiger partial charge in [0.15, 0.2) is 17.3 Å². The van der Waals surface area contributed by atoms with Crippen molar-refractivity contribution in [2.24, 2.45) is 5.92 Å². The fourth-order valence-corrected chi connectivity index (χ4v) is 6.68. The molecule has 1 N–H and O–H groups in total. The van der Waals surface area contributed by atoms with Crippen molar-refractivity contribution in [1.29, 1.82) is 0 Å². The van der Waals surface area contributed by atoms with Gasteiger partial charge in [0, 0.05) is 41.6 Å². The summed E-state index contributed by atoms with van der Waals surface area (Å²) >= 11 is 1.67. The molecular formula is C29H33N3O4S. The molecule has 1 amide bonds. The zero-order chi connectivity index (χ0) is 25.5. The minimum absolute atomic E-state index is 0.0469. The van der Waals surface area contributed by atoms with Gasteiger partial charge in [-0.25, -0.2) is 0 Å². The molecule has 1 atom stereocenters. The lowest BCUT2D eigenvalue weighted by Crippen LogP contribution is -2.51. The molecule has 3 aromatic rings. The number of aryl methyl sites for hydroxylation is 1. The summed E-state index contributed by atoms with van der Waals surface area (Å²) in [7, 11) is 3.30. The molecule has 0 radical (unpaired) electrons. The third-order valence-electron chi connectivity index (χ3n) is 8.14. The number of aromatic nitrogens is 1. The van der Waals surface area contributed by atoms with Crippen LogP contribution >= 0.6 is 11.3 Å². The van der Waals surface area contributed by atoms with Gasteiger partial charge in [-0.15, -0.1) is 11.3 Å². The molecule has 1 unspecified atom stereocenters. The molecule has 1 aliphatic carbocycles. The maximum absolute atomic E-state index is 14.3. The highest BCUT2D eigenvalue weighted by molar-refractivity contribution is 7.13. The number of hydrogen-bond donors (Lipinski definition) is 1.